The number of amides is 2. The van der Waals surface area contributed by atoms with Crippen molar-refractivity contribution in [3.63, 3.8) is 0 Å². The summed E-state index contributed by atoms with van der Waals surface area (Å²) in [4.78, 5) is 33.7. The first-order valence-electron chi connectivity index (χ1n) is 10.6. The van der Waals surface area contributed by atoms with Gasteiger partial charge in [-0.3, -0.25) is 14.5 Å². The number of fused-ring (bicyclic) bond motifs is 6. The molecule has 2 fully saturated rings. The van der Waals surface area contributed by atoms with Gasteiger partial charge in [-0.05, 0) is 35.8 Å². The summed E-state index contributed by atoms with van der Waals surface area (Å²) < 4.78 is 0. The molecule has 2 amide bonds. The summed E-state index contributed by atoms with van der Waals surface area (Å²) in [6.07, 6.45) is 6.08. The fourth-order valence-electron chi connectivity index (χ4n) is 6.06. The number of carbonyl (C=O) groups excluding carboxylic acids is 2. The smallest absolute Gasteiger partial charge is 0.260 e. The molecule has 2 saturated heterocycles. The molecule has 3 aromatic rings. The molecule has 164 valence electrons. The number of benzene rings is 2. The van der Waals surface area contributed by atoms with E-state index in [9.17, 15) is 9.59 Å². The van der Waals surface area contributed by atoms with Crippen LogP contribution >= 0.6 is 23.5 Å². The fraction of sp³-hybridized carbons (Fsp3) is 0.333. The molecule has 0 radical (unpaired) electrons. The van der Waals surface area contributed by atoms with Crippen LogP contribution < -0.4 is 5.32 Å². The lowest BCUT2D eigenvalue weighted by molar-refractivity contribution is -0.157. The monoisotopic (exact) mass is 464 g/mol. The molecule has 8 heteroatoms. The van der Waals surface area contributed by atoms with Crippen molar-refractivity contribution in [2.24, 2.45) is 0 Å². The molecule has 6 nitrogen and oxygen atoms in total. The van der Waals surface area contributed by atoms with E-state index in [1.165, 1.54) is 23.5 Å². The number of thioether (sulfide) groups is 2. The Labute approximate surface area is 195 Å². The molecule has 0 bridgehead atoms. The van der Waals surface area contributed by atoms with E-state index in [0.717, 1.165) is 27.7 Å². The van der Waals surface area contributed by atoms with Crippen LogP contribution in [0.1, 0.15) is 17.5 Å². The minimum atomic E-state index is -0.957. The van der Waals surface area contributed by atoms with Gasteiger partial charge in [-0.25, -0.2) is 0 Å². The van der Waals surface area contributed by atoms with Crippen LogP contribution in [0.3, 0.4) is 0 Å². The number of likely N-dealkylation sites (N-methyl/N-ethyl adjacent to an activating group) is 1. The van der Waals surface area contributed by atoms with Gasteiger partial charge in [0, 0.05) is 36.3 Å². The van der Waals surface area contributed by atoms with Gasteiger partial charge in [0.15, 0.2) is 10.2 Å². The molecule has 0 saturated carbocycles. The average molecular weight is 465 g/mol. The Hall–Kier alpha value is -2.58. The maximum Gasteiger partial charge on any atom is 0.260 e. The fourth-order valence-corrected chi connectivity index (χ4v) is 7.87. The van der Waals surface area contributed by atoms with Crippen LogP contribution in [-0.4, -0.2) is 62.6 Å². The summed E-state index contributed by atoms with van der Waals surface area (Å²) in [5, 5.41) is 4.26. The van der Waals surface area contributed by atoms with Crippen LogP contribution in [0.25, 0.3) is 10.9 Å². The summed E-state index contributed by atoms with van der Waals surface area (Å²) in [5.74, 6) is -0.0159. The van der Waals surface area contributed by atoms with E-state index in [-0.39, 0.29) is 18.0 Å². The van der Waals surface area contributed by atoms with Crippen molar-refractivity contribution in [2.75, 3.05) is 24.9 Å². The van der Waals surface area contributed by atoms with Gasteiger partial charge in [-0.15, -0.1) is 23.5 Å². The Kier molecular flexibility index (Phi) is 4.21. The Bertz CT molecular complexity index is 1280. The molecule has 3 unspecified atom stereocenters. The molecule has 6 rings (SSSR count). The third kappa shape index (κ3) is 2.19. The van der Waals surface area contributed by atoms with Gasteiger partial charge >= 0.3 is 0 Å². The third-order valence-corrected chi connectivity index (χ3v) is 9.57. The van der Waals surface area contributed by atoms with Crippen molar-refractivity contribution in [2.45, 2.75) is 28.2 Å². The van der Waals surface area contributed by atoms with Crippen LogP contribution in [0.4, 0.5) is 5.69 Å². The van der Waals surface area contributed by atoms with Gasteiger partial charge in [0.25, 0.3) is 11.8 Å². The number of nitrogens with one attached hydrogen (secondary N) is 2. The highest BCUT2D eigenvalue weighted by Gasteiger charge is 2.71. The molecule has 1 aromatic heterocycles. The summed E-state index contributed by atoms with van der Waals surface area (Å²) in [5.41, 5.74) is 3.81. The van der Waals surface area contributed by atoms with Crippen LogP contribution in [-0.2, 0) is 15.0 Å². The third-order valence-electron chi connectivity index (χ3n) is 7.42. The lowest BCUT2D eigenvalue weighted by atomic mass is 9.72. The van der Waals surface area contributed by atoms with Crippen LogP contribution in [0, 0.1) is 0 Å². The van der Waals surface area contributed by atoms with Crippen molar-refractivity contribution >= 4 is 51.9 Å². The van der Waals surface area contributed by atoms with E-state index >= 15 is 0 Å². The standard InChI is InChI=1S/C24H24N4O2S2/c1-27-20(31-2)19(29)28-21-23(13-24(28,32-3)22(27)30,15-9-5-7-11-18(15)26-21)16-12-25-17-10-6-4-8-14(16)17/h4-12,20-21,25-26H,13H2,1-3H3/t20?,21?,23?,24-/m0/s1. The van der Waals surface area contributed by atoms with E-state index in [0.29, 0.717) is 6.42 Å². The van der Waals surface area contributed by atoms with E-state index in [1.807, 2.05) is 41.7 Å². The maximum atomic E-state index is 13.9. The topological polar surface area (TPSA) is 68.4 Å². The Balaban J connectivity index is 1.66. The second-order valence-corrected chi connectivity index (χ2v) is 10.7. The molecule has 2 aromatic carbocycles. The highest BCUT2D eigenvalue weighted by atomic mass is 32.2. The molecule has 2 N–H and O–H groups in total. The Morgan fingerprint density at radius 2 is 1.78 bits per heavy atom. The SMILES string of the molecule is CSC1C(=O)N2C3Nc4ccccc4C3(c3c[nH]c4ccccc34)C[C@]2(SC)C(=O)N1C. The van der Waals surface area contributed by atoms with Crippen LogP contribution in [0.15, 0.2) is 54.7 Å². The number of nitrogens with zero attached hydrogens (tertiary/aromatic N) is 2. The first kappa shape index (κ1) is 20.1. The zero-order valence-electron chi connectivity index (χ0n) is 18.1. The molecule has 4 atom stereocenters. The Morgan fingerprint density at radius 3 is 2.56 bits per heavy atom. The number of rotatable bonds is 3. The number of hydrogen-bond donors (Lipinski definition) is 2. The molecule has 0 aliphatic carbocycles. The number of H-pyrrole nitrogens is 1. The molecular weight excluding hydrogens is 440 g/mol. The van der Waals surface area contributed by atoms with Crippen molar-refractivity contribution < 1.29 is 9.59 Å². The molecule has 0 spiro atoms. The van der Waals surface area contributed by atoms with Crippen molar-refractivity contribution in [3.8, 4) is 0 Å². The Morgan fingerprint density at radius 1 is 1.03 bits per heavy atom. The zero-order valence-corrected chi connectivity index (χ0v) is 19.7. The largest absolute Gasteiger partial charge is 0.364 e. The van der Waals surface area contributed by atoms with Gasteiger partial charge < -0.3 is 15.2 Å². The zero-order chi connectivity index (χ0) is 22.3. The molecule has 3 aliphatic rings. The second kappa shape index (κ2) is 6.71. The number of carbonyl (C=O) groups is 2. The van der Waals surface area contributed by atoms with E-state index in [2.05, 4.69) is 40.8 Å². The van der Waals surface area contributed by atoms with Gasteiger partial charge in [0.05, 0.1) is 5.41 Å². The number of aromatic amines is 1. The highest BCUT2D eigenvalue weighted by molar-refractivity contribution is 8.01. The summed E-state index contributed by atoms with van der Waals surface area (Å²) in [6.45, 7) is 0. The molecule has 32 heavy (non-hydrogen) atoms. The molecule has 3 aliphatic heterocycles. The van der Waals surface area contributed by atoms with Crippen molar-refractivity contribution in [1.82, 2.24) is 14.8 Å². The molecule has 4 heterocycles. The van der Waals surface area contributed by atoms with E-state index in [4.69, 9.17) is 0 Å². The van der Waals surface area contributed by atoms with Gasteiger partial charge in [-0.2, -0.15) is 0 Å². The number of aromatic nitrogens is 1. The van der Waals surface area contributed by atoms with Gasteiger partial charge in [0.1, 0.15) is 6.17 Å². The quantitative estimate of drug-likeness (QED) is 0.619. The number of hydrogen-bond acceptors (Lipinski definition) is 5. The first-order chi connectivity index (χ1) is 15.5. The van der Waals surface area contributed by atoms with E-state index < -0.39 is 15.7 Å². The highest BCUT2D eigenvalue weighted by Crippen LogP contribution is 2.62. The number of piperazine rings is 1. The molecular formula is C24H24N4O2S2. The van der Waals surface area contributed by atoms with Gasteiger partial charge in [-0.1, -0.05) is 36.4 Å². The lowest BCUT2D eigenvalue weighted by Crippen LogP contribution is -2.68. The lowest BCUT2D eigenvalue weighted by Gasteiger charge is -2.48. The van der Waals surface area contributed by atoms with E-state index in [1.54, 1.807) is 11.9 Å². The summed E-state index contributed by atoms with van der Waals surface area (Å²) in [7, 11) is 1.75. The summed E-state index contributed by atoms with van der Waals surface area (Å²) in [6, 6.07) is 16.5. The van der Waals surface area contributed by atoms with Crippen molar-refractivity contribution in [3.05, 3.63) is 65.9 Å². The van der Waals surface area contributed by atoms with Crippen LogP contribution in [0.2, 0.25) is 0 Å². The average Bonchev–Trinajstić information content (AvgIpc) is 3.46. The van der Waals surface area contributed by atoms with Gasteiger partial charge in [0.2, 0.25) is 0 Å². The van der Waals surface area contributed by atoms with Crippen molar-refractivity contribution in [1.29, 1.82) is 0 Å². The number of para-hydroxylation sites is 2. The number of anilines is 1. The second-order valence-electron chi connectivity index (χ2n) is 8.69. The normalized spacial score (nSPS) is 31.0. The minimum absolute atomic E-state index is 0.00292. The predicted molar refractivity (Wildman–Crippen MR) is 131 cm³/mol. The minimum Gasteiger partial charge on any atom is -0.364 e. The van der Waals surface area contributed by atoms with Crippen LogP contribution in [0.5, 0.6) is 0 Å². The maximum absolute atomic E-state index is 13.9. The predicted octanol–water partition coefficient (Wildman–Crippen LogP) is 3.66. The first-order valence-corrected chi connectivity index (χ1v) is 13.1. The summed E-state index contributed by atoms with van der Waals surface area (Å²) >= 11 is 2.89.